The van der Waals surface area contributed by atoms with Gasteiger partial charge in [0.25, 0.3) is 5.91 Å². The molecule has 0 saturated heterocycles. The summed E-state index contributed by atoms with van der Waals surface area (Å²) in [5, 5.41) is 2.68. The van der Waals surface area contributed by atoms with E-state index < -0.39 is 0 Å². The van der Waals surface area contributed by atoms with Crippen LogP contribution in [0.4, 0.5) is 10.1 Å². The van der Waals surface area contributed by atoms with Crippen LogP contribution in [0, 0.1) is 19.7 Å². The summed E-state index contributed by atoms with van der Waals surface area (Å²) >= 11 is 0. The number of aromatic nitrogens is 1. The van der Waals surface area contributed by atoms with Gasteiger partial charge in [0.05, 0.1) is 5.56 Å². The highest BCUT2D eigenvalue weighted by Crippen LogP contribution is 2.34. The van der Waals surface area contributed by atoms with E-state index in [1.54, 1.807) is 0 Å². The third-order valence-corrected chi connectivity index (χ3v) is 4.46. The number of benzene rings is 3. The molecule has 0 bridgehead atoms. The van der Waals surface area contributed by atoms with Crippen LogP contribution in [0.3, 0.4) is 0 Å². The predicted octanol–water partition coefficient (Wildman–Crippen LogP) is 5.27. The topological polar surface area (TPSA) is 64.4 Å². The lowest BCUT2D eigenvalue weighted by Gasteiger charge is -2.12. The van der Waals surface area contributed by atoms with E-state index in [2.05, 4.69) is 10.3 Å². The van der Waals surface area contributed by atoms with E-state index >= 15 is 0 Å². The minimum atomic E-state index is -0.364. The lowest BCUT2D eigenvalue weighted by Crippen LogP contribution is -2.20. The number of nitrogens with zero attached hydrogens (tertiary/aromatic N) is 1. The van der Waals surface area contributed by atoms with Gasteiger partial charge in [0.15, 0.2) is 12.2 Å². The smallest absolute Gasteiger partial charge is 0.262 e. The molecule has 1 N–H and O–H groups in total. The summed E-state index contributed by atoms with van der Waals surface area (Å²) in [7, 11) is 0. The molecule has 1 heterocycles. The van der Waals surface area contributed by atoms with E-state index in [9.17, 15) is 9.18 Å². The number of aryl methyl sites for hydroxylation is 2. The highest BCUT2D eigenvalue weighted by Gasteiger charge is 2.16. The average Bonchev–Trinajstić information content (AvgIpc) is 3.11. The van der Waals surface area contributed by atoms with Crippen molar-refractivity contribution in [3.05, 3.63) is 77.6 Å². The Morgan fingerprint density at radius 3 is 2.69 bits per heavy atom. The molecule has 4 aromatic rings. The number of para-hydroxylation sites is 1. The first kappa shape index (κ1) is 18.7. The van der Waals surface area contributed by atoms with Gasteiger partial charge < -0.3 is 14.5 Å². The molecule has 0 radical (unpaired) electrons. The van der Waals surface area contributed by atoms with Crippen molar-refractivity contribution < 1.29 is 18.3 Å². The zero-order valence-electron chi connectivity index (χ0n) is 16.0. The maximum Gasteiger partial charge on any atom is 0.262 e. The monoisotopic (exact) mass is 390 g/mol. The van der Waals surface area contributed by atoms with Crippen LogP contribution in [0.1, 0.15) is 11.1 Å². The molecule has 6 heteroatoms. The Morgan fingerprint density at radius 1 is 1.10 bits per heavy atom. The van der Waals surface area contributed by atoms with E-state index in [1.807, 2.05) is 50.2 Å². The number of carbonyl (C=O) groups is 1. The Hall–Kier alpha value is -3.67. The van der Waals surface area contributed by atoms with Crippen LogP contribution < -0.4 is 10.1 Å². The van der Waals surface area contributed by atoms with Crippen molar-refractivity contribution in [2.24, 2.45) is 0 Å². The number of amides is 1. The minimum absolute atomic E-state index is 0.200. The molecule has 0 atom stereocenters. The quantitative estimate of drug-likeness (QED) is 0.504. The molecule has 29 heavy (non-hydrogen) atoms. The maximum absolute atomic E-state index is 13.0. The van der Waals surface area contributed by atoms with E-state index in [0.717, 1.165) is 16.6 Å². The largest absolute Gasteiger partial charge is 0.483 e. The Balaban J connectivity index is 1.55. The Bertz CT molecular complexity index is 1180. The molecule has 1 aromatic heterocycles. The molecule has 146 valence electrons. The number of halogens is 1. The van der Waals surface area contributed by atoms with Gasteiger partial charge >= 0.3 is 0 Å². The molecule has 4 rings (SSSR count). The van der Waals surface area contributed by atoms with Crippen molar-refractivity contribution >= 4 is 22.7 Å². The van der Waals surface area contributed by atoms with Gasteiger partial charge in [-0.2, -0.15) is 0 Å². The van der Waals surface area contributed by atoms with Crippen LogP contribution in [-0.4, -0.2) is 17.5 Å². The summed E-state index contributed by atoms with van der Waals surface area (Å²) in [5.41, 5.74) is 4.57. The number of carbonyl (C=O) groups excluding carboxylic acids is 1. The maximum atomic E-state index is 13.0. The van der Waals surface area contributed by atoms with Gasteiger partial charge in [-0.15, -0.1) is 0 Å². The Morgan fingerprint density at radius 2 is 1.90 bits per heavy atom. The summed E-state index contributed by atoms with van der Waals surface area (Å²) in [6, 6.07) is 17.0. The first-order chi connectivity index (χ1) is 14.0. The number of hydrogen-bond donors (Lipinski definition) is 1. The van der Waals surface area contributed by atoms with Gasteiger partial charge in [0.1, 0.15) is 17.1 Å². The first-order valence-electron chi connectivity index (χ1n) is 9.15. The highest BCUT2D eigenvalue weighted by molar-refractivity contribution is 5.92. The van der Waals surface area contributed by atoms with Crippen molar-refractivity contribution in [3.63, 3.8) is 0 Å². The first-order valence-corrected chi connectivity index (χ1v) is 9.15. The van der Waals surface area contributed by atoms with Gasteiger partial charge in [0, 0.05) is 5.69 Å². The third-order valence-electron chi connectivity index (χ3n) is 4.46. The second kappa shape index (κ2) is 7.75. The van der Waals surface area contributed by atoms with E-state index in [1.165, 1.54) is 24.3 Å². The molecule has 0 saturated carbocycles. The Kier molecular flexibility index (Phi) is 4.99. The van der Waals surface area contributed by atoms with Crippen molar-refractivity contribution in [1.29, 1.82) is 0 Å². The molecule has 0 fully saturated rings. The minimum Gasteiger partial charge on any atom is -0.483 e. The van der Waals surface area contributed by atoms with Crippen LogP contribution in [-0.2, 0) is 4.79 Å². The average molecular weight is 390 g/mol. The third kappa shape index (κ3) is 4.11. The van der Waals surface area contributed by atoms with E-state index in [-0.39, 0.29) is 18.3 Å². The van der Waals surface area contributed by atoms with Gasteiger partial charge in [-0.05, 0) is 67.4 Å². The summed E-state index contributed by atoms with van der Waals surface area (Å²) < 4.78 is 24.7. The molecule has 0 aliphatic rings. The van der Waals surface area contributed by atoms with Crippen molar-refractivity contribution in [2.45, 2.75) is 13.8 Å². The fraction of sp³-hybridized carbons (Fsp3) is 0.130. The molecule has 5 nitrogen and oxygen atoms in total. The summed E-state index contributed by atoms with van der Waals surface area (Å²) in [6.07, 6.45) is 0. The number of oxazole rings is 1. The van der Waals surface area contributed by atoms with Crippen LogP contribution >= 0.6 is 0 Å². The number of hydrogen-bond acceptors (Lipinski definition) is 4. The molecular weight excluding hydrogens is 371 g/mol. The van der Waals surface area contributed by atoms with Gasteiger partial charge in [-0.25, -0.2) is 9.37 Å². The standard InChI is InChI=1S/C23H19FN2O3/c1-14-6-11-19-20(12-14)29-23(26-19)18-5-3-4-15(2)22(18)28-13-21(27)25-17-9-7-16(24)8-10-17/h3-12H,13H2,1-2H3,(H,25,27). The zero-order chi connectivity index (χ0) is 20.4. The zero-order valence-corrected chi connectivity index (χ0v) is 16.0. The van der Waals surface area contributed by atoms with Gasteiger partial charge in [-0.1, -0.05) is 18.2 Å². The molecule has 0 aliphatic carbocycles. The van der Waals surface area contributed by atoms with Gasteiger partial charge in [-0.3, -0.25) is 4.79 Å². The number of rotatable bonds is 5. The molecule has 1 amide bonds. The fourth-order valence-corrected chi connectivity index (χ4v) is 3.03. The number of anilines is 1. The Labute approximate surface area is 167 Å². The van der Waals surface area contributed by atoms with Crippen LogP contribution in [0.2, 0.25) is 0 Å². The van der Waals surface area contributed by atoms with E-state index in [4.69, 9.17) is 9.15 Å². The highest BCUT2D eigenvalue weighted by atomic mass is 19.1. The lowest BCUT2D eigenvalue weighted by molar-refractivity contribution is -0.118. The number of ether oxygens (including phenoxy) is 1. The molecular formula is C23H19FN2O3. The van der Waals surface area contributed by atoms with Crippen LogP contribution in [0.15, 0.2) is 65.1 Å². The second-order valence-electron chi connectivity index (χ2n) is 6.79. The van der Waals surface area contributed by atoms with Crippen molar-refractivity contribution in [1.82, 2.24) is 4.98 Å². The van der Waals surface area contributed by atoms with E-state index in [0.29, 0.717) is 28.5 Å². The summed E-state index contributed by atoms with van der Waals surface area (Å²) in [4.78, 5) is 16.8. The van der Waals surface area contributed by atoms with Gasteiger partial charge in [0.2, 0.25) is 5.89 Å². The molecule has 0 aliphatic heterocycles. The van der Waals surface area contributed by atoms with Crippen LogP contribution in [0.5, 0.6) is 5.75 Å². The molecule has 3 aromatic carbocycles. The van der Waals surface area contributed by atoms with Crippen LogP contribution in [0.25, 0.3) is 22.6 Å². The van der Waals surface area contributed by atoms with Crippen molar-refractivity contribution in [3.8, 4) is 17.2 Å². The summed E-state index contributed by atoms with van der Waals surface area (Å²) in [6.45, 7) is 3.68. The number of nitrogens with one attached hydrogen (secondary N) is 1. The molecule has 0 unspecified atom stereocenters. The summed E-state index contributed by atoms with van der Waals surface area (Å²) in [5.74, 6) is 0.254. The normalized spacial score (nSPS) is 10.9. The van der Waals surface area contributed by atoms with Crippen molar-refractivity contribution in [2.75, 3.05) is 11.9 Å². The SMILES string of the molecule is Cc1ccc2nc(-c3cccc(C)c3OCC(=O)Nc3ccc(F)cc3)oc2c1. The number of fused-ring (bicyclic) bond motifs is 1. The predicted molar refractivity (Wildman–Crippen MR) is 109 cm³/mol. The lowest BCUT2D eigenvalue weighted by atomic mass is 10.1. The molecule has 0 spiro atoms. The second-order valence-corrected chi connectivity index (χ2v) is 6.79. The fourth-order valence-electron chi connectivity index (χ4n) is 3.03.